The number of benzene rings is 7. The van der Waals surface area contributed by atoms with Gasteiger partial charge in [0.2, 0.25) is 11.3 Å². The fourth-order valence-electron chi connectivity index (χ4n) is 11.7. The number of aliphatic imine (C=N–C) groups is 1. The summed E-state index contributed by atoms with van der Waals surface area (Å²) in [5.41, 5.74) is 19.0. The van der Waals surface area contributed by atoms with Crippen molar-refractivity contribution in [3.8, 4) is 72.7 Å². The number of aliphatic hydroxyl groups is 1. The van der Waals surface area contributed by atoms with E-state index < -0.39 is 5.90 Å². The first-order chi connectivity index (χ1) is 43.1. The summed E-state index contributed by atoms with van der Waals surface area (Å²) < 4.78 is 7.79. The molecule has 0 radical (unpaired) electrons. The molecule has 0 saturated heterocycles. The van der Waals surface area contributed by atoms with Gasteiger partial charge < -0.3 is 24.6 Å². The van der Waals surface area contributed by atoms with E-state index in [0.717, 1.165) is 83.7 Å². The van der Waals surface area contributed by atoms with Gasteiger partial charge in [-0.05, 0) is 220 Å². The average molecular weight is 1730 g/mol. The number of nitrogens with one attached hydrogen (secondary N) is 2. The minimum atomic E-state index is -0.534. The maximum atomic E-state index is 13.5. The molecule has 3 N–H and O–H groups in total. The molecule has 448 valence electrons. The molecule has 3 aliphatic heterocycles. The minimum Gasteiger partial charge on any atom is -0.871 e. The van der Waals surface area contributed by atoms with E-state index >= 15 is 0 Å². The van der Waals surface area contributed by atoms with Gasteiger partial charge in [0.05, 0.1) is 57.7 Å². The monoisotopic (exact) mass is 1730 g/mol. The van der Waals surface area contributed by atoms with Crippen LogP contribution in [-0.2, 0) is 0 Å². The zero-order valence-electron chi connectivity index (χ0n) is 49.8. The third kappa shape index (κ3) is 12.2. The summed E-state index contributed by atoms with van der Waals surface area (Å²) in [5, 5.41) is 26.1. The molecule has 4 aliphatic rings. The second-order valence-electron chi connectivity index (χ2n) is 23.1. The Hall–Kier alpha value is -5.04. The average Bonchev–Trinajstić information content (AvgIpc) is 1.46. The van der Waals surface area contributed by atoms with Crippen molar-refractivity contribution >= 4 is 206 Å². The second-order valence-corrected chi connectivity index (χ2v) is 29.0. The van der Waals surface area contributed by atoms with Crippen LogP contribution in [0, 0.1) is 14.3 Å². The van der Waals surface area contributed by atoms with Crippen LogP contribution >= 0.6 is 137 Å². The molecule has 0 amide bonds. The number of nitrogens with zero attached hydrogens (tertiary/aromatic N) is 3. The number of aromatic amines is 2. The molecule has 0 unspecified atom stereocenters. The molecule has 91 heavy (non-hydrogen) atoms. The molecular weight excluding hydrogens is 1680 g/mol. The van der Waals surface area contributed by atoms with E-state index in [2.05, 4.69) is 173 Å². The smallest absolute Gasteiger partial charge is 0.871 e. The van der Waals surface area contributed by atoms with Gasteiger partial charge in [-0.2, -0.15) is 0 Å². The fourth-order valence-corrected chi connectivity index (χ4v) is 16.3. The molecule has 0 atom stereocenters. The molecule has 9 nitrogen and oxygen atoms in total. The van der Waals surface area contributed by atoms with Gasteiger partial charge in [0.15, 0.2) is 5.76 Å². The van der Waals surface area contributed by atoms with Crippen LogP contribution < -0.4 is 40.1 Å². The van der Waals surface area contributed by atoms with Crippen molar-refractivity contribution in [3.63, 3.8) is 0 Å². The first-order valence-electron chi connectivity index (χ1n) is 28.8. The summed E-state index contributed by atoms with van der Waals surface area (Å²) in [4.78, 5) is 37.1. The molecule has 3 aromatic heterocycles. The number of aliphatic hydroxyl groups excluding tert-OH is 1. The summed E-state index contributed by atoms with van der Waals surface area (Å²) in [5.74, 6) is 0.461. The quantitative estimate of drug-likeness (QED) is 0.0237. The summed E-state index contributed by atoms with van der Waals surface area (Å²) in [6.45, 7) is 13.2. The number of halogens is 8. The van der Waals surface area contributed by atoms with Gasteiger partial charge in [-0.25, -0.2) is 15.0 Å². The molecule has 8 bridgehead atoms. The van der Waals surface area contributed by atoms with Crippen molar-refractivity contribution in [3.05, 3.63) is 223 Å². The number of hydrogen-bond donors (Lipinski definition) is 3. The van der Waals surface area contributed by atoms with Crippen molar-refractivity contribution in [2.45, 2.75) is 59.3 Å². The Kier molecular flexibility index (Phi) is 19.3. The number of hydrogen-bond acceptors (Lipinski definition) is 6. The summed E-state index contributed by atoms with van der Waals surface area (Å²) in [6.07, 6.45) is 8.37. The minimum absolute atomic E-state index is 0. The van der Waals surface area contributed by atoms with Crippen LogP contribution in [0.1, 0.15) is 104 Å². The zero-order chi connectivity index (χ0) is 63.3. The van der Waals surface area contributed by atoms with Crippen LogP contribution in [-0.4, -0.2) is 30.9 Å². The normalized spacial score (nSPS) is 12.4. The molecule has 9 aromatic rings. The van der Waals surface area contributed by atoms with Gasteiger partial charge in [-0.1, -0.05) is 179 Å². The molecule has 6 heterocycles. The van der Waals surface area contributed by atoms with E-state index in [4.69, 9.17) is 65.8 Å². The van der Waals surface area contributed by atoms with Crippen molar-refractivity contribution in [2.24, 2.45) is 4.99 Å². The van der Waals surface area contributed by atoms with E-state index in [1.807, 2.05) is 102 Å². The third-order valence-electron chi connectivity index (χ3n) is 16.5. The predicted octanol–water partition coefficient (Wildman–Crippen LogP) is 20.3. The Morgan fingerprint density at radius 2 is 0.890 bits per heavy atom. The summed E-state index contributed by atoms with van der Waals surface area (Å²) in [6, 6.07) is 45.6. The van der Waals surface area contributed by atoms with E-state index in [9.17, 15) is 15.0 Å². The van der Waals surface area contributed by atoms with Crippen LogP contribution in [0.3, 0.4) is 0 Å². The SMILES string of the molecule is CC(C)c1ccc(-c2c3nc(c(-c4ccc(C(C)C)cc4)c4ccc([nH]4)c(-c4ccc(C(C)C)cc4)c4nc(c(-c5ccc(N=C(O)c6c(Cl)c(Cl)c(Cl)c(Cl)c6-c6c7cc(I)c(=O)c(I)c-7oc7c(I)c([O-])c(I)cc67)cc5)c5ccc2[nH]5)C=C4)C=C3)cc1.[Na+]. The van der Waals surface area contributed by atoms with E-state index in [1.54, 1.807) is 24.3 Å². The van der Waals surface area contributed by atoms with E-state index in [0.29, 0.717) is 52.8 Å². The molecule has 6 aromatic carbocycles. The fraction of sp³-hybridized carbons (Fsp3) is 0.123. The van der Waals surface area contributed by atoms with Crippen LogP contribution in [0.5, 0.6) is 5.75 Å². The first kappa shape index (κ1) is 66.0. The van der Waals surface area contributed by atoms with Gasteiger partial charge in [0, 0.05) is 73.5 Å². The Balaban J connectivity index is 0.00000800. The molecule has 0 spiro atoms. The summed E-state index contributed by atoms with van der Waals surface area (Å²) >= 11 is 36.1. The van der Waals surface area contributed by atoms with Crippen molar-refractivity contribution in [1.29, 1.82) is 0 Å². The van der Waals surface area contributed by atoms with Crippen LogP contribution in [0.25, 0.3) is 124 Å². The number of H-pyrrole nitrogens is 2. The molecule has 13 rings (SSSR count). The first-order valence-corrected chi connectivity index (χ1v) is 34.6. The Morgan fingerprint density at radius 1 is 0.505 bits per heavy atom. The van der Waals surface area contributed by atoms with E-state index in [1.165, 1.54) is 16.7 Å². The van der Waals surface area contributed by atoms with Gasteiger partial charge in [-0.15, -0.1) is 0 Å². The molecule has 0 saturated carbocycles. The van der Waals surface area contributed by atoms with Crippen LogP contribution in [0.2, 0.25) is 20.1 Å². The topological polar surface area (TPSA) is 143 Å². The van der Waals surface area contributed by atoms with Gasteiger partial charge in [0.25, 0.3) is 0 Å². The molecule has 0 fully saturated rings. The maximum absolute atomic E-state index is 13.5. The molecular formula is C73H50Cl4I4N5NaO4. The van der Waals surface area contributed by atoms with Crippen molar-refractivity contribution in [1.82, 2.24) is 19.9 Å². The Bertz CT molecular complexity index is 5070. The van der Waals surface area contributed by atoms with Crippen LogP contribution in [0.15, 0.2) is 148 Å². The van der Waals surface area contributed by atoms with Gasteiger partial charge in [0.1, 0.15) is 9.15 Å². The van der Waals surface area contributed by atoms with Crippen molar-refractivity contribution in [2.75, 3.05) is 0 Å². The van der Waals surface area contributed by atoms with Crippen molar-refractivity contribution < 1.29 is 44.2 Å². The summed E-state index contributed by atoms with van der Waals surface area (Å²) in [7, 11) is 0. The largest absolute Gasteiger partial charge is 1.00 e. The standard InChI is InChI=1S/C73H51Cl4I4N5O4.Na/c1-33(2)36-7-13-39(14-8-36)56-48-23-25-50(83-48)57(40-15-9-37(10-16-40)34(3)4)52-27-29-54(85-52)59(55-30-28-53(86-55)58(51-26-24-49(56)84-51)41-17-11-38(12-18-41)35(5)6)42-19-21-43(22-20-42)82-73(89)62-61(63(74)65(76)66(77)64(62)75)60-44-31-46(78)69(87)67(80)71(44)90-72-45(60)32-47(79)70(88)68(72)81;/h7-35,83,86-87H,1-6H3,(H,82,89);/q;+1/p-1. The molecule has 18 heteroatoms. The zero-order valence-corrected chi connectivity index (χ0v) is 63.4. The maximum Gasteiger partial charge on any atom is 1.00 e. The second kappa shape index (κ2) is 26.6. The van der Waals surface area contributed by atoms with Gasteiger partial charge in [-0.3, -0.25) is 4.79 Å². The Labute approximate surface area is 622 Å². The van der Waals surface area contributed by atoms with E-state index in [-0.39, 0.29) is 90.4 Å². The predicted molar refractivity (Wildman–Crippen MR) is 407 cm³/mol. The molecule has 1 aliphatic carbocycles. The number of fused-ring (bicyclic) bond motifs is 10. The van der Waals surface area contributed by atoms with Crippen LogP contribution in [0.4, 0.5) is 5.69 Å². The van der Waals surface area contributed by atoms with Gasteiger partial charge >= 0.3 is 29.6 Å². The number of rotatable bonds is 10. The number of aromatic nitrogens is 4. The Morgan fingerprint density at radius 3 is 1.29 bits per heavy atom. The third-order valence-corrected chi connectivity index (χ3v) is 21.9.